The number of halogens is 2. The Kier molecular flexibility index (Phi) is 5.28. The molecule has 5 heteroatoms. The zero-order valence-corrected chi connectivity index (χ0v) is 13.7. The molecule has 2 rings (SSSR count). The molecule has 1 heterocycles. The van der Waals surface area contributed by atoms with E-state index in [1.807, 2.05) is 13.0 Å². The van der Waals surface area contributed by atoms with Crippen molar-refractivity contribution in [1.82, 2.24) is 9.97 Å². The molecule has 0 bridgehead atoms. The first kappa shape index (κ1) is 15.2. The summed E-state index contributed by atoms with van der Waals surface area (Å²) in [7, 11) is 0. The molecule has 0 aliphatic carbocycles. The number of anilines is 1. The van der Waals surface area contributed by atoms with Gasteiger partial charge in [-0.3, -0.25) is 0 Å². The number of benzene rings is 1. The molecule has 0 spiro atoms. The van der Waals surface area contributed by atoms with Crippen LogP contribution in [0.2, 0.25) is 0 Å². The first-order valence-corrected chi connectivity index (χ1v) is 7.75. The fourth-order valence-electron chi connectivity index (χ4n) is 1.97. The van der Waals surface area contributed by atoms with Crippen molar-refractivity contribution in [3.8, 4) is 0 Å². The molecule has 0 radical (unpaired) electrons. The number of hydrogen-bond donors (Lipinski definition) is 1. The van der Waals surface area contributed by atoms with Gasteiger partial charge in [0, 0.05) is 13.0 Å². The van der Waals surface area contributed by atoms with Crippen LogP contribution in [0.1, 0.15) is 30.9 Å². The highest BCUT2D eigenvalue weighted by molar-refractivity contribution is 14.1. The summed E-state index contributed by atoms with van der Waals surface area (Å²) in [5, 5.41) is 3.26. The third-order valence-corrected chi connectivity index (χ3v) is 4.03. The molecule has 2 aromatic rings. The van der Waals surface area contributed by atoms with Gasteiger partial charge in [0.05, 0.1) is 9.26 Å². The molecule has 0 saturated heterocycles. The molecule has 0 amide bonds. The lowest BCUT2D eigenvalue weighted by Crippen LogP contribution is -2.09. The molecule has 20 heavy (non-hydrogen) atoms. The van der Waals surface area contributed by atoms with Crippen LogP contribution >= 0.6 is 22.6 Å². The van der Waals surface area contributed by atoms with E-state index in [4.69, 9.17) is 0 Å². The summed E-state index contributed by atoms with van der Waals surface area (Å²) in [5.41, 5.74) is 1.92. The summed E-state index contributed by atoms with van der Waals surface area (Å²) in [5.74, 6) is 1.37. The van der Waals surface area contributed by atoms with Gasteiger partial charge >= 0.3 is 0 Å². The largest absolute Gasteiger partial charge is 0.369 e. The molecule has 0 unspecified atom stereocenters. The minimum atomic E-state index is -0.226. The lowest BCUT2D eigenvalue weighted by molar-refractivity contribution is 0.625. The number of nitrogens with zero attached hydrogens (tertiary/aromatic N) is 2. The van der Waals surface area contributed by atoms with E-state index in [9.17, 15) is 4.39 Å². The van der Waals surface area contributed by atoms with Gasteiger partial charge < -0.3 is 5.32 Å². The molecule has 3 nitrogen and oxygen atoms in total. The summed E-state index contributed by atoms with van der Waals surface area (Å²) in [4.78, 5) is 9.12. The van der Waals surface area contributed by atoms with Crippen LogP contribution in [0.3, 0.4) is 0 Å². The highest BCUT2D eigenvalue weighted by atomic mass is 127. The zero-order chi connectivity index (χ0) is 14.5. The number of nitrogens with one attached hydrogen (secondary N) is 1. The van der Waals surface area contributed by atoms with Crippen LogP contribution < -0.4 is 5.32 Å². The monoisotopic (exact) mass is 385 g/mol. The smallest absolute Gasteiger partial charge is 0.143 e. The maximum Gasteiger partial charge on any atom is 0.143 e. The van der Waals surface area contributed by atoms with Gasteiger partial charge in [-0.25, -0.2) is 14.4 Å². The molecular weight excluding hydrogens is 368 g/mol. The summed E-state index contributed by atoms with van der Waals surface area (Å²) in [6, 6.07) is 6.58. The zero-order valence-electron chi connectivity index (χ0n) is 11.6. The van der Waals surface area contributed by atoms with Gasteiger partial charge in [0.1, 0.15) is 17.5 Å². The SMILES string of the molecule is CCNc1nc(Cc2cccc(F)c2)nc(CC)c1I. The second-order valence-corrected chi connectivity index (χ2v) is 5.52. The summed E-state index contributed by atoms with van der Waals surface area (Å²) in [6.07, 6.45) is 1.40. The lowest BCUT2D eigenvalue weighted by atomic mass is 10.1. The van der Waals surface area contributed by atoms with Gasteiger partial charge in [0.15, 0.2) is 0 Å². The first-order valence-electron chi connectivity index (χ1n) is 6.67. The van der Waals surface area contributed by atoms with E-state index in [1.165, 1.54) is 12.1 Å². The maximum atomic E-state index is 13.2. The second-order valence-electron chi connectivity index (χ2n) is 4.44. The third kappa shape index (κ3) is 3.65. The van der Waals surface area contributed by atoms with Crippen LogP contribution in [-0.4, -0.2) is 16.5 Å². The van der Waals surface area contributed by atoms with Crippen LogP contribution in [0.5, 0.6) is 0 Å². The molecule has 1 N–H and O–H groups in total. The van der Waals surface area contributed by atoms with Gasteiger partial charge in [0.25, 0.3) is 0 Å². The Morgan fingerprint density at radius 3 is 2.70 bits per heavy atom. The third-order valence-electron chi connectivity index (χ3n) is 2.90. The number of aryl methyl sites for hydroxylation is 1. The minimum absolute atomic E-state index is 0.226. The topological polar surface area (TPSA) is 37.8 Å². The average molecular weight is 385 g/mol. The fourth-order valence-corrected chi connectivity index (χ4v) is 2.79. The van der Waals surface area contributed by atoms with E-state index >= 15 is 0 Å². The van der Waals surface area contributed by atoms with Crippen molar-refractivity contribution in [3.05, 3.63) is 50.7 Å². The molecule has 1 aromatic carbocycles. The van der Waals surface area contributed by atoms with E-state index in [0.29, 0.717) is 6.42 Å². The van der Waals surface area contributed by atoms with Gasteiger partial charge in [-0.1, -0.05) is 19.1 Å². The molecule has 106 valence electrons. The Balaban J connectivity index is 2.34. The highest BCUT2D eigenvalue weighted by Gasteiger charge is 2.11. The van der Waals surface area contributed by atoms with Crippen LogP contribution in [0.4, 0.5) is 10.2 Å². The molecule has 0 fully saturated rings. The fraction of sp³-hybridized carbons (Fsp3) is 0.333. The molecule has 1 aromatic heterocycles. The van der Waals surface area contributed by atoms with Crippen molar-refractivity contribution in [2.45, 2.75) is 26.7 Å². The van der Waals surface area contributed by atoms with Crippen LogP contribution in [-0.2, 0) is 12.8 Å². The summed E-state index contributed by atoms with van der Waals surface area (Å²) in [6.45, 7) is 4.93. The van der Waals surface area contributed by atoms with E-state index in [2.05, 4.69) is 44.8 Å². The van der Waals surface area contributed by atoms with Crippen molar-refractivity contribution < 1.29 is 4.39 Å². The Hall–Kier alpha value is -1.24. The summed E-state index contributed by atoms with van der Waals surface area (Å²) < 4.78 is 14.3. The van der Waals surface area contributed by atoms with E-state index in [0.717, 1.165) is 39.4 Å². The minimum Gasteiger partial charge on any atom is -0.369 e. The standard InChI is InChI=1S/C15H17FIN3/c1-3-12-14(17)15(18-4-2)20-13(19-12)9-10-6-5-7-11(16)8-10/h5-8H,3-4,9H2,1-2H3,(H,18,19,20). The molecule has 0 saturated carbocycles. The number of hydrogen-bond acceptors (Lipinski definition) is 3. The Morgan fingerprint density at radius 1 is 1.25 bits per heavy atom. The van der Waals surface area contributed by atoms with Gasteiger partial charge in [-0.05, 0) is 53.6 Å². The molecule has 0 atom stereocenters. The number of rotatable bonds is 5. The van der Waals surface area contributed by atoms with Crippen LogP contribution in [0.15, 0.2) is 24.3 Å². The van der Waals surface area contributed by atoms with E-state index in [-0.39, 0.29) is 5.82 Å². The number of aromatic nitrogens is 2. The van der Waals surface area contributed by atoms with Crippen molar-refractivity contribution in [3.63, 3.8) is 0 Å². The Morgan fingerprint density at radius 2 is 2.05 bits per heavy atom. The van der Waals surface area contributed by atoms with Gasteiger partial charge in [-0.15, -0.1) is 0 Å². The average Bonchev–Trinajstić information content (AvgIpc) is 2.42. The summed E-state index contributed by atoms with van der Waals surface area (Å²) >= 11 is 2.27. The van der Waals surface area contributed by atoms with Gasteiger partial charge in [-0.2, -0.15) is 0 Å². The Bertz CT molecular complexity index is 602. The molecular formula is C15H17FIN3. The Labute approximate surface area is 132 Å². The van der Waals surface area contributed by atoms with E-state index < -0.39 is 0 Å². The van der Waals surface area contributed by atoms with Crippen LogP contribution in [0.25, 0.3) is 0 Å². The van der Waals surface area contributed by atoms with Gasteiger partial charge in [0.2, 0.25) is 0 Å². The normalized spacial score (nSPS) is 10.6. The van der Waals surface area contributed by atoms with Crippen molar-refractivity contribution in [1.29, 1.82) is 0 Å². The predicted molar refractivity (Wildman–Crippen MR) is 87.5 cm³/mol. The molecule has 0 aliphatic rings. The highest BCUT2D eigenvalue weighted by Crippen LogP contribution is 2.21. The quantitative estimate of drug-likeness (QED) is 0.796. The molecule has 0 aliphatic heterocycles. The second kappa shape index (κ2) is 6.97. The van der Waals surface area contributed by atoms with Crippen LogP contribution in [0, 0.1) is 9.39 Å². The van der Waals surface area contributed by atoms with Crippen molar-refractivity contribution >= 4 is 28.4 Å². The first-order chi connectivity index (χ1) is 9.63. The van der Waals surface area contributed by atoms with Crippen molar-refractivity contribution in [2.75, 3.05) is 11.9 Å². The van der Waals surface area contributed by atoms with Crippen molar-refractivity contribution in [2.24, 2.45) is 0 Å². The predicted octanol–water partition coefficient (Wildman–Crippen LogP) is 3.81. The van der Waals surface area contributed by atoms with E-state index in [1.54, 1.807) is 6.07 Å². The lowest BCUT2D eigenvalue weighted by Gasteiger charge is -2.11. The maximum absolute atomic E-state index is 13.2.